The summed E-state index contributed by atoms with van der Waals surface area (Å²) in [6, 6.07) is 1.13. The average Bonchev–Trinajstić information content (AvgIpc) is 2.68. The molecule has 0 aromatic carbocycles. The van der Waals surface area contributed by atoms with Gasteiger partial charge in [0.1, 0.15) is 18.3 Å². The van der Waals surface area contributed by atoms with Crippen molar-refractivity contribution in [1.82, 2.24) is 14.9 Å². The third-order valence-corrected chi connectivity index (χ3v) is 2.99. The molecule has 0 radical (unpaired) electrons. The van der Waals surface area contributed by atoms with Crippen LogP contribution >= 0.6 is 0 Å². The van der Waals surface area contributed by atoms with E-state index in [0.717, 1.165) is 10.6 Å². The Hall–Kier alpha value is -1.52. The van der Waals surface area contributed by atoms with E-state index in [1.165, 1.54) is 6.20 Å². The normalized spacial score (nSPS) is 29.8. The lowest BCUT2D eigenvalue weighted by Crippen LogP contribution is -2.37. The summed E-state index contributed by atoms with van der Waals surface area (Å²) < 4.78 is 11.6. The quantitative estimate of drug-likeness (QED) is 0.344. The van der Waals surface area contributed by atoms with Crippen LogP contribution in [0.5, 0.6) is 0 Å². The maximum atomic E-state index is 11.6. The monoisotopic (exact) mass is 287 g/mol. The minimum Gasteiger partial charge on any atom is -0.387 e. The second-order valence-corrected chi connectivity index (χ2v) is 4.43. The molecule has 9 heteroatoms. The SMILES string of the molecule is CNCOC[C@H]1O[C@@H](n2ccc(=O)[nH]c2=O)[C@H](O)[C@@H]1O. The van der Waals surface area contributed by atoms with Gasteiger partial charge in [-0.3, -0.25) is 19.7 Å². The highest BCUT2D eigenvalue weighted by molar-refractivity contribution is 4.93. The first-order chi connectivity index (χ1) is 9.54. The Morgan fingerprint density at radius 2 is 2.20 bits per heavy atom. The Kier molecular flexibility index (Phi) is 4.68. The molecule has 1 fully saturated rings. The van der Waals surface area contributed by atoms with Gasteiger partial charge in [0, 0.05) is 12.3 Å². The molecule has 20 heavy (non-hydrogen) atoms. The zero-order valence-corrected chi connectivity index (χ0v) is 10.9. The van der Waals surface area contributed by atoms with Crippen LogP contribution in [0, 0.1) is 0 Å². The molecule has 9 nitrogen and oxygen atoms in total. The van der Waals surface area contributed by atoms with Crippen molar-refractivity contribution < 1.29 is 19.7 Å². The second kappa shape index (κ2) is 6.29. The molecular formula is C11H17N3O6. The van der Waals surface area contributed by atoms with Gasteiger partial charge in [-0.05, 0) is 7.05 Å². The maximum absolute atomic E-state index is 11.6. The highest BCUT2D eigenvalue weighted by atomic mass is 16.6. The summed E-state index contributed by atoms with van der Waals surface area (Å²) in [6.45, 7) is 0.333. The van der Waals surface area contributed by atoms with Gasteiger partial charge in [-0.2, -0.15) is 0 Å². The lowest BCUT2D eigenvalue weighted by atomic mass is 10.1. The molecule has 0 aliphatic carbocycles. The first-order valence-corrected chi connectivity index (χ1v) is 6.10. The Morgan fingerprint density at radius 1 is 1.45 bits per heavy atom. The molecule has 1 aromatic heterocycles. The third kappa shape index (κ3) is 2.97. The van der Waals surface area contributed by atoms with Crippen molar-refractivity contribution in [2.75, 3.05) is 20.4 Å². The lowest BCUT2D eigenvalue weighted by Gasteiger charge is -2.16. The fraction of sp³-hybridized carbons (Fsp3) is 0.636. The van der Waals surface area contributed by atoms with Gasteiger partial charge in [0.2, 0.25) is 0 Å². The predicted molar refractivity (Wildman–Crippen MR) is 67.1 cm³/mol. The van der Waals surface area contributed by atoms with E-state index in [0.29, 0.717) is 0 Å². The number of hydrogen-bond acceptors (Lipinski definition) is 7. The molecule has 4 N–H and O–H groups in total. The van der Waals surface area contributed by atoms with E-state index in [4.69, 9.17) is 9.47 Å². The number of aliphatic hydroxyl groups excluding tert-OH is 2. The maximum Gasteiger partial charge on any atom is 0.330 e. The van der Waals surface area contributed by atoms with Gasteiger partial charge in [0.25, 0.3) is 5.56 Å². The molecule has 0 saturated carbocycles. The topological polar surface area (TPSA) is 126 Å². The molecule has 1 aliphatic heterocycles. The molecule has 0 amide bonds. The van der Waals surface area contributed by atoms with Crippen LogP contribution in [0.4, 0.5) is 0 Å². The first kappa shape index (κ1) is 14.9. The largest absolute Gasteiger partial charge is 0.387 e. The van der Waals surface area contributed by atoms with Gasteiger partial charge in [-0.1, -0.05) is 0 Å². The lowest BCUT2D eigenvalue weighted by molar-refractivity contribution is -0.0698. The van der Waals surface area contributed by atoms with Crippen molar-refractivity contribution in [2.45, 2.75) is 24.5 Å². The number of aromatic nitrogens is 2. The highest BCUT2D eigenvalue weighted by Gasteiger charge is 2.44. The number of aromatic amines is 1. The van der Waals surface area contributed by atoms with Crippen molar-refractivity contribution in [3.63, 3.8) is 0 Å². The minimum absolute atomic E-state index is 0.0632. The summed E-state index contributed by atoms with van der Waals surface area (Å²) >= 11 is 0. The molecule has 0 bridgehead atoms. The Bertz CT molecular complexity index is 556. The van der Waals surface area contributed by atoms with Crippen LogP contribution in [0.25, 0.3) is 0 Å². The molecular weight excluding hydrogens is 270 g/mol. The number of ether oxygens (including phenoxy) is 2. The summed E-state index contributed by atoms with van der Waals surface area (Å²) in [4.78, 5) is 24.7. The van der Waals surface area contributed by atoms with Crippen LogP contribution in [0.15, 0.2) is 21.9 Å². The van der Waals surface area contributed by atoms with Crippen LogP contribution in [0.2, 0.25) is 0 Å². The molecule has 0 spiro atoms. The van der Waals surface area contributed by atoms with E-state index >= 15 is 0 Å². The van der Waals surface area contributed by atoms with Crippen molar-refractivity contribution in [2.24, 2.45) is 0 Å². The van der Waals surface area contributed by atoms with Gasteiger partial charge in [0.05, 0.1) is 13.3 Å². The number of nitrogens with zero attached hydrogens (tertiary/aromatic N) is 1. The summed E-state index contributed by atoms with van der Waals surface area (Å²) in [7, 11) is 1.70. The van der Waals surface area contributed by atoms with E-state index in [-0.39, 0.29) is 13.3 Å². The van der Waals surface area contributed by atoms with Gasteiger partial charge < -0.3 is 19.7 Å². The third-order valence-electron chi connectivity index (χ3n) is 2.99. The number of nitrogens with one attached hydrogen (secondary N) is 2. The van der Waals surface area contributed by atoms with Crippen molar-refractivity contribution in [3.8, 4) is 0 Å². The minimum atomic E-state index is -1.29. The number of hydrogen-bond donors (Lipinski definition) is 4. The van der Waals surface area contributed by atoms with Gasteiger partial charge in [-0.15, -0.1) is 0 Å². The van der Waals surface area contributed by atoms with E-state index < -0.39 is 35.8 Å². The second-order valence-electron chi connectivity index (χ2n) is 4.43. The molecule has 0 unspecified atom stereocenters. The average molecular weight is 287 g/mol. The zero-order valence-electron chi connectivity index (χ0n) is 10.9. The Morgan fingerprint density at radius 3 is 2.85 bits per heavy atom. The van der Waals surface area contributed by atoms with E-state index in [9.17, 15) is 19.8 Å². The van der Waals surface area contributed by atoms with Gasteiger partial charge in [-0.25, -0.2) is 4.79 Å². The van der Waals surface area contributed by atoms with Crippen LogP contribution in [0.1, 0.15) is 6.23 Å². The highest BCUT2D eigenvalue weighted by Crippen LogP contribution is 2.28. The molecule has 4 atom stereocenters. The summed E-state index contributed by atoms with van der Waals surface area (Å²) in [5, 5.41) is 22.6. The van der Waals surface area contributed by atoms with Crippen LogP contribution in [0.3, 0.4) is 0 Å². The predicted octanol–water partition coefficient (Wildman–Crippen LogP) is -2.65. The Balaban J connectivity index is 2.13. The van der Waals surface area contributed by atoms with Gasteiger partial charge in [0.15, 0.2) is 6.23 Å². The van der Waals surface area contributed by atoms with Crippen molar-refractivity contribution >= 4 is 0 Å². The van der Waals surface area contributed by atoms with Gasteiger partial charge >= 0.3 is 5.69 Å². The van der Waals surface area contributed by atoms with Crippen LogP contribution in [-0.4, -0.2) is 58.5 Å². The number of H-pyrrole nitrogens is 1. The zero-order chi connectivity index (χ0) is 14.7. The molecule has 2 heterocycles. The fourth-order valence-electron chi connectivity index (χ4n) is 2.00. The van der Waals surface area contributed by atoms with E-state index in [1.807, 2.05) is 0 Å². The molecule has 112 valence electrons. The number of rotatable bonds is 5. The van der Waals surface area contributed by atoms with Crippen molar-refractivity contribution in [1.29, 1.82) is 0 Å². The first-order valence-electron chi connectivity index (χ1n) is 6.10. The Labute approximate surface area is 113 Å². The number of aliphatic hydroxyl groups is 2. The summed E-state index contributed by atoms with van der Waals surface area (Å²) in [5.41, 5.74) is -1.27. The smallest absolute Gasteiger partial charge is 0.330 e. The molecule has 2 rings (SSSR count). The van der Waals surface area contributed by atoms with Crippen LogP contribution < -0.4 is 16.6 Å². The van der Waals surface area contributed by atoms with E-state index in [1.54, 1.807) is 7.05 Å². The fourth-order valence-corrected chi connectivity index (χ4v) is 2.00. The van der Waals surface area contributed by atoms with Crippen LogP contribution in [-0.2, 0) is 9.47 Å². The van der Waals surface area contributed by atoms with Crippen molar-refractivity contribution in [3.05, 3.63) is 33.1 Å². The molecule has 1 saturated heterocycles. The summed E-state index contributed by atoms with van der Waals surface area (Å²) in [5.74, 6) is 0. The molecule has 1 aromatic rings. The van der Waals surface area contributed by atoms with E-state index in [2.05, 4.69) is 10.3 Å². The standard InChI is InChI=1S/C11H17N3O6/c1-12-5-19-4-6-8(16)9(17)10(20-6)14-3-2-7(15)13-11(14)18/h2-3,6,8-10,12,16-17H,4-5H2,1H3,(H,13,15,18)/t6-,8-,9-,10-/m1/s1. The molecule has 1 aliphatic rings. The summed E-state index contributed by atoms with van der Waals surface area (Å²) in [6.07, 6.45) is -3.10.